The highest BCUT2D eigenvalue weighted by molar-refractivity contribution is 7.48. The molecule has 3 rings (SSSR count). The first-order valence-electron chi connectivity index (χ1n) is 16.1. The van der Waals surface area contributed by atoms with Crippen molar-refractivity contribution in [2.45, 2.75) is 83.6 Å². The van der Waals surface area contributed by atoms with E-state index >= 15 is 0 Å². The molecule has 1 saturated heterocycles. The van der Waals surface area contributed by atoms with Crippen molar-refractivity contribution in [2.75, 3.05) is 20.3 Å². The number of rotatable bonds is 19. The van der Waals surface area contributed by atoms with Gasteiger partial charge in [0.05, 0.1) is 46.0 Å². The highest BCUT2D eigenvalue weighted by Crippen LogP contribution is 2.51. The van der Waals surface area contributed by atoms with Gasteiger partial charge >= 0.3 is 31.7 Å². The molecule has 0 radical (unpaired) electrons. The fourth-order valence-electron chi connectivity index (χ4n) is 5.27. The van der Waals surface area contributed by atoms with Gasteiger partial charge in [0, 0.05) is 27.7 Å². The lowest BCUT2D eigenvalue weighted by Crippen LogP contribution is -2.69. The monoisotopic (exact) mass is 749 g/mol. The normalized spacial score (nSPS) is 21.1. The van der Waals surface area contributed by atoms with Gasteiger partial charge in [0.15, 0.2) is 12.2 Å². The zero-order chi connectivity index (χ0) is 38.3. The third-order valence-corrected chi connectivity index (χ3v) is 8.70. The van der Waals surface area contributed by atoms with E-state index in [1.165, 1.54) is 6.08 Å². The highest BCUT2D eigenvalue weighted by atomic mass is 31.2. The van der Waals surface area contributed by atoms with Crippen LogP contribution in [0.2, 0.25) is 0 Å². The lowest BCUT2D eigenvalue weighted by Gasteiger charge is -2.48. The number of amides is 1. The van der Waals surface area contributed by atoms with Crippen LogP contribution < -0.4 is 5.32 Å². The highest BCUT2D eigenvalue weighted by Gasteiger charge is 2.59. The lowest BCUT2D eigenvalue weighted by atomic mass is 9.88. The van der Waals surface area contributed by atoms with Gasteiger partial charge in [-0.1, -0.05) is 66.7 Å². The van der Waals surface area contributed by atoms with E-state index in [0.29, 0.717) is 11.1 Å². The van der Waals surface area contributed by atoms with E-state index in [-0.39, 0.29) is 19.8 Å². The summed E-state index contributed by atoms with van der Waals surface area (Å²) in [6.07, 6.45) is -5.67. The molecule has 16 nitrogen and oxygen atoms in total. The summed E-state index contributed by atoms with van der Waals surface area (Å²) in [5.41, 5.74) is 1.26. The minimum atomic E-state index is -4.51. The second-order valence-corrected chi connectivity index (χ2v) is 13.2. The van der Waals surface area contributed by atoms with Crippen LogP contribution in [0.4, 0.5) is 0 Å². The molecule has 6 atom stereocenters. The Morgan fingerprint density at radius 1 is 0.885 bits per heavy atom. The number of ether oxygens (including phenoxy) is 6. The Morgan fingerprint density at radius 2 is 1.44 bits per heavy atom. The molecular formula is C35H44NO15P. The molecule has 2 aromatic carbocycles. The van der Waals surface area contributed by atoms with Crippen molar-refractivity contribution in [2.24, 2.45) is 0 Å². The van der Waals surface area contributed by atoms with Crippen LogP contribution in [0.3, 0.4) is 0 Å². The van der Waals surface area contributed by atoms with Crippen LogP contribution in [-0.4, -0.2) is 86.4 Å². The largest absolute Gasteiger partial charge is 0.475 e. The summed E-state index contributed by atoms with van der Waals surface area (Å²) in [5.74, 6) is -6.67. The predicted octanol–water partition coefficient (Wildman–Crippen LogP) is 3.71. The van der Waals surface area contributed by atoms with Gasteiger partial charge < -0.3 is 33.7 Å². The van der Waals surface area contributed by atoms with E-state index in [0.717, 1.165) is 34.8 Å². The standard InChI is InChI=1S/C35H44NO15P/c1-7-18-44-35(34(41)43-6)19-29(48-24(3)38)31(36-23(2)37)33(51-35)32(50-26(5)40)30(49-25(4)39)22-47-52(42,45-20-27-14-10-8-11-15-27)46-21-28-16-12-9-13-17-28/h7-17,29-33H,1,18-22H2,2-6H3,(H,36,37)/t29-,30+,31+,32+,33+,35+/m0/s1. The molecule has 0 unspecified atom stereocenters. The van der Waals surface area contributed by atoms with Crippen LogP contribution in [0.5, 0.6) is 0 Å². The van der Waals surface area contributed by atoms with Crippen molar-refractivity contribution in [1.29, 1.82) is 0 Å². The third-order valence-electron chi connectivity index (χ3n) is 7.34. The van der Waals surface area contributed by atoms with E-state index in [1.54, 1.807) is 60.7 Å². The van der Waals surface area contributed by atoms with E-state index in [9.17, 15) is 28.5 Å². The second-order valence-electron chi connectivity index (χ2n) is 11.5. The molecule has 1 aliphatic heterocycles. The molecular weight excluding hydrogens is 705 g/mol. The van der Waals surface area contributed by atoms with Crippen molar-refractivity contribution < 1.29 is 70.5 Å². The number of hydrogen-bond acceptors (Lipinski definition) is 15. The quantitative estimate of drug-likeness (QED) is 0.0944. The number of phosphoric acid groups is 1. The predicted molar refractivity (Wildman–Crippen MR) is 181 cm³/mol. The fourth-order valence-corrected chi connectivity index (χ4v) is 6.44. The summed E-state index contributed by atoms with van der Waals surface area (Å²) in [4.78, 5) is 63.3. The minimum Gasteiger partial charge on any atom is -0.465 e. The van der Waals surface area contributed by atoms with E-state index in [1.807, 2.05) is 0 Å². The molecule has 1 N–H and O–H groups in total. The Balaban J connectivity index is 2.10. The first kappa shape index (κ1) is 42.0. The molecule has 1 heterocycles. The molecule has 2 aromatic rings. The Kier molecular flexibility index (Phi) is 16.1. The first-order chi connectivity index (χ1) is 24.7. The Bertz CT molecular complexity index is 1520. The molecule has 1 amide bonds. The maximum atomic E-state index is 14.2. The summed E-state index contributed by atoms with van der Waals surface area (Å²) in [6.45, 7) is 6.45. The van der Waals surface area contributed by atoms with E-state index < -0.39 is 86.9 Å². The molecule has 0 aromatic heterocycles. The van der Waals surface area contributed by atoms with Crippen molar-refractivity contribution in [3.05, 3.63) is 84.4 Å². The number of esters is 4. The number of carbonyl (C=O) groups excluding carboxylic acids is 5. The summed E-state index contributed by atoms with van der Waals surface area (Å²) in [6, 6.07) is 16.1. The zero-order valence-electron chi connectivity index (χ0n) is 29.6. The van der Waals surface area contributed by atoms with Gasteiger partial charge in [-0.15, -0.1) is 6.58 Å². The topological polar surface area (TPSA) is 198 Å². The van der Waals surface area contributed by atoms with Gasteiger partial charge in [0.25, 0.3) is 5.79 Å². The van der Waals surface area contributed by atoms with Gasteiger partial charge in [0.1, 0.15) is 12.2 Å². The number of hydrogen-bond donors (Lipinski definition) is 1. The molecule has 17 heteroatoms. The van der Waals surface area contributed by atoms with Gasteiger partial charge in [-0.05, 0) is 11.1 Å². The molecule has 284 valence electrons. The van der Waals surface area contributed by atoms with Crippen LogP contribution in [0.1, 0.15) is 45.2 Å². The maximum absolute atomic E-state index is 14.2. The van der Waals surface area contributed by atoms with Crippen LogP contribution in [0.15, 0.2) is 73.3 Å². The molecule has 0 spiro atoms. The molecule has 0 bridgehead atoms. The van der Waals surface area contributed by atoms with Crippen LogP contribution >= 0.6 is 7.82 Å². The third kappa shape index (κ3) is 12.7. The SMILES string of the molecule is C=CCO[C@]1(C(=O)OC)C[C@H](OC(C)=O)[C@@H](NC(C)=O)[C@H]([C@H](OC(C)=O)[C@@H](COP(=O)(OCc2ccccc2)OCc2ccccc2)OC(C)=O)O1. The first-order valence-corrected chi connectivity index (χ1v) is 17.6. The number of nitrogens with one attached hydrogen (secondary N) is 1. The summed E-state index contributed by atoms with van der Waals surface area (Å²) in [5, 5.41) is 2.60. The van der Waals surface area contributed by atoms with Crippen molar-refractivity contribution in [1.82, 2.24) is 5.32 Å². The zero-order valence-corrected chi connectivity index (χ0v) is 30.4. The van der Waals surface area contributed by atoms with Crippen molar-refractivity contribution >= 4 is 37.6 Å². The summed E-state index contributed by atoms with van der Waals surface area (Å²) >= 11 is 0. The average molecular weight is 750 g/mol. The fraction of sp³-hybridized carbons (Fsp3) is 0.457. The Labute approximate surface area is 301 Å². The van der Waals surface area contributed by atoms with Gasteiger partial charge in [-0.2, -0.15) is 0 Å². The van der Waals surface area contributed by atoms with Crippen molar-refractivity contribution in [3.63, 3.8) is 0 Å². The molecule has 1 fully saturated rings. The molecule has 0 aliphatic carbocycles. The second kappa shape index (κ2) is 20.0. The van der Waals surface area contributed by atoms with Gasteiger partial charge in [0.2, 0.25) is 5.91 Å². The number of benzene rings is 2. The average Bonchev–Trinajstić information content (AvgIpc) is 3.10. The van der Waals surface area contributed by atoms with Crippen LogP contribution in [0, 0.1) is 0 Å². The van der Waals surface area contributed by atoms with Crippen LogP contribution in [-0.2, 0) is 83.7 Å². The van der Waals surface area contributed by atoms with Crippen LogP contribution in [0.25, 0.3) is 0 Å². The smallest absolute Gasteiger partial charge is 0.465 e. The molecule has 1 aliphatic rings. The minimum absolute atomic E-state index is 0.207. The number of phosphoric ester groups is 1. The van der Waals surface area contributed by atoms with Gasteiger partial charge in [-0.25, -0.2) is 9.36 Å². The summed E-state index contributed by atoms with van der Waals surface area (Å²) < 4.78 is 65.0. The molecule has 0 saturated carbocycles. The maximum Gasteiger partial charge on any atom is 0.475 e. The van der Waals surface area contributed by atoms with E-state index in [2.05, 4.69) is 11.9 Å². The summed E-state index contributed by atoms with van der Waals surface area (Å²) in [7, 11) is -3.46. The Morgan fingerprint density at radius 3 is 1.90 bits per heavy atom. The molecule has 52 heavy (non-hydrogen) atoms. The van der Waals surface area contributed by atoms with Crippen molar-refractivity contribution in [3.8, 4) is 0 Å². The van der Waals surface area contributed by atoms with E-state index in [4.69, 9.17) is 42.0 Å². The lowest BCUT2D eigenvalue weighted by molar-refractivity contribution is -0.311. The Hall–Kier alpha value is -4.44. The van der Waals surface area contributed by atoms with Gasteiger partial charge in [-0.3, -0.25) is 32.7 Å². The number of carbonyl (C=O) groups is 5. The number of methoxy groups -OCH3 is 1.